The molecule has 1 fully saturated rings. The molecule has 0 atom stereocenters. The highest BCUT2D eigenvalue weighted by molar-refractivity contribution is 4.75. The summed E-state index contributed by atoms with van der Waals surface area (Å²) >= 11 is 0. The van der Waals surface area contributed by atoms with Crippen molar-refractivity contribution in [1.29, 1.82) is 0 Å². The average molecular weight is 125 g/mol. The Morgan fingerprint density at radius 2 is 1.89 bits per heavy atom. The van der Waals surface area contributed by atoms with Crippen molar-refractivity contribution in [3.63, 3.8) is 0 Å². The van der Waals surface area contributed by atoms with Gasteiger partial charge >= 0.3 is 0 Å². The largest absolute Gasteiger partial charge is 0.103 e. The predicted molar refractivity (Wildman–Crippen MR) is 41.4 cm³/mol. The van der Waals surface area contributed by atoms with Crippen LogP contribution in [0.5, 0.6) is 0 Å². The molecule has 52 valence electrons. The van der Waals surface area contributed by atoms with Crippen molar-refractivity contribution in [3.8, 4) is 0 Å². The summed E-state index contributed by atoms with van der Waals surface area (Å²) in [6.45, 7) is 3.75. The zero-order chi connectivity index (χ0) is 6.53. The van der Waals surface area contributed by atoms with E-state index in [1.54, 1.807) is 0 Å². The van der Waals surface area contributed by atoms with Crippen molar-refractivity contribution in [2.75, 3.05) is 0 Å². The van der Waals surface area contributed by atoms with Crippen LogP contribution in [0, 0.1) is 5.92 Å². The molecule has 0 bridgehead atoms. The first-order valence-electron chi connectivity index (χ1n) is 4.04. The molecule has 0 unspecified atom stereocenters. The van der Waals surface area contributed by atoms with Gasteiger partial charge < -0.3 is 0 Å². The van der Waals surface area contributed by atoms with E-state index in [2.05, 4.69) is 12.7 Å². The lowest BCUT2D eigenvalue weighted by Crippen LogP contribution is -2.04. The van der Waals surface area contributed by atoms with Crippen LogP contribution in [0.25, 0.3) is 0 Å². The Balaban J connectivity index is 2.15. The molecule has 0 radical (unpaired) electrons. The first-order chi connectivity index (χ1) is 4.43. The number of rotatable bonds is 2. The zero-order valence-electron chi connectivity index (χ0n) is 6.10. The van der Waals surface area contributed by atoms with Gasteiger partial charge in [-0.2, -0.15) is 0 Å². The van der Waals surface area contributed by atoms with Crippen LogP contribution in [0.3, 0.4) is 0 Å². The molecular weight excluding hydrogens is 109 g/mol. The molecule has 9 heavy (non-hydrogen) atoms. The normalized spacial score (nSPS) is 21.8. The van der Waals surface area contributed by atoms with Gasteiger partial charge in [0.05, 0.1) is 0 Å². The van der Waals surface area contributed by atoms with Crippen LogP contribution in [0.2, 0.25) is 0 Å². The monoisotopic (exact) mass is 125 g/mol. The third-order valence-corrected chi connectivity index (χ3v) is 2.22. The molecule has 0 heteroatoms. The van der Waals surface area contributed by atoms with E-state index in [1.165, 1.54) is 38.5 Å². The van der Waals surface area contributed by atoms with Gasteiger partial charge in [-0.1, -0.05) is 38.2 Å². The highest BCUT2D eigenvalue weighted by atomic mass is 14.5. The molecule has 0 nitrogen and oxygen atoms in total. The molecule has 1 rings (SSSR count). The Morgan fingerprint density at radius 1 is 1.22 bits per heavy atom. The van der Waals surface area contributed by atoms with E-state index in [4.69, 9.17) is 0 Å². The maximum Gasteiger partial charge on any atom is -0.0325 e. The van der Waals surface area contributed by atoms with Crippen LogP contribution in [0.4, 0.5) is 0 Å². The van der Waals surface area contributed by atoms with Crippen LogP contribution >= 0.6 is 0 Å². The molecule has 0 aliphatic heterocycles. The number of hydrogen-bond donors (Lipinski definition) is 0. The van der Waals surface area contributed by atoms with E-state index in [9.17, 15) is 0 Å². The summed E-state index contributed by atoms with van der Waals surface area (Å²) in [6.07, 6.45) is 10.6. The van der Waals surface area contributed by atoms with Crippen molar-refractivity contribution in [2.24, 2.45) is 5.92 Å². The Bertz CT molecular complexity index is 78.0. The highest BCUT2D eigenvalue weighted by Gasteiger charge is 2.10. The van der Waals surface area contributed by atoms with Gasteiger partial charge in [-0.15, -0.1) is 6.58 Å². The molecule has 1 aliphatic carbocycles. The predicted octanol–water partition coefficient (Wildman–Crippen LogP) is 3.14. The topological polar surface area (TPSA) is 0 Å². The van der Waals surface area contributed by atoms with Gasteiger partial charge in [0, 0.05) is 0 Å². The second kappa shape index (κ2) is 3.71. The van der Waals surface area contributed by atoms with Crippen LogP contribution in [0.15, 0.2) is 12.7 Å². The Kier molecular flexibility index (Phi) is 2.82. The summed E-state index contributed by atoms with van der Waals surface area (Å²) in [6, 6.07) is 0. The number of hydrogen-bond acceptors (Lipinski definition) is 0. The van der Waals surface area contributed by atoms with E-state index in [0.717, 1.165) is 5.92 Å². The highest BCUT2D eigenvalue weighted by Crippen LogP contribution is 2.25. The summed E-state index contributed by atoms with van der Waals surface area (Å²) in [7, 11) is 0. The minimum Gasteiger partial charge on any atom is -0.103 e. The molecule has 1 aliphatic rings. The van der Waals surface area contributed by atoms with Gasteiger partial charge in [-0.05, 0) is 12.3 Å². The van der Waals surface area contributed by atoms with Gasteiger partial charge in [-0.25, -0.2) is 0 Å². The number of allylic oxidation sites excluding steroid dienone is 1. The van der Waals surface area contributed by atoms with Gasteiger partial charge in [0.15, 0.2) is 0 Å². The third kappa shape index (κ3) is 2.21. The molecule has 0 aromatic rings. The van der Waals surface area contributed by atoms with Crippen molar-refractivity contribution < 1.29 is 0 Å². The molecule has 0 amide bonds. The Labute approximate surface area is 58.0 Å². The van der Waals surface area contributed by atoms with Gasteiger partial charge in [0.1, 0.15) is 0 Å². The fourth-order valence-electron chi connectivity index (χ4n) is 1.66. The molecule has 0 spiro atoms. The standard InChI is InChI=1S/C9H16/c1-2-6-9-7-4-3-5-8-9/h2,9H,1,3-8H2/i9+1. The van der Waals surface area contributed by atoms with Crippen LogP contribution in [0.1, 0.15) is 38.5 Å². The van der Waals surface area contributed by atoms with Crippen molar-refractivity contribution in [2.45, 2.75) is 38.5 Å². The Hall–Kier alpha value is -0.260. The summed E-state index contributed by atoms with van der Waals surface area (Å²) in [4.78, 5) is 0. The minimum atomic E-state index is 0.983. The van der Waals surface area contributed by atoms with Crippen LogP contribution in [-0.2, 0) is 0 Å². The third-order valence-electron chi connectivity index (χ3n) is 2.22. The molecular formula is C9H16. The van der Waals surface area contributed by atoms with Crippen LogP contribution in [-0.4, -0.2) is 0 Å². The molecule has 0 heterocycles. The summed E-state index contributed by atoms with van der Waals surface area (Å²) in [5, 5.41) is 0. The van der Waals surface area contributed by atoms with E-state index < -0.39 is 0 Å². The van der Waals surface area contributed by atoms with Crippen molar-refractivity contribution >= 4 is 0 Å². The van der Waals surface area contributed by atoms with E-state index >= 15 is 0 Å². The molecule has 0 saturated heterocycles. The maximum atomic E-state index is 3.75. The smallest absolute Gasteiger partial charge is 0.0325 e. The summed E-state index contributed by atoms with van der Waals surface area (Å²) in [5.41, 5.74) is 0. The van der Waals surface area contributed by atoms with E-state index in [-0.39, 0.29) is 0 Å². The summed E-state index contributed by atoms with van der Waals surface area (Å²) < 4.78 is 0. The van der Waals surface area contributed by atoms with Gasteiger partial charge in [-0.3, -0.25) is 0 Å². The minimum absolute atomic E-state index is 0.983. The molecule has 0 aromatic carbocycles. The Morgan fingerprint density at radius 3 is 2.44 bits per heavy atom. The lowest BCUT2D eigenvalue weighted by molar-refractivity contribution is 0.361. The van der Waals surface area contributed by atoms with Crippen molar-refractivity contribution in [1.82, 2.24) is 0 Å². The average Bonchev–Trinajstić information content (AvgIpc) is 1.91. The van der Waals surface area contributed by atoms with E-state index in [0.29, 0.717) is 0 Å². The first-order valence-corrected chi connectivity index (χ1v) is 4.04. The lowest BCUT2D eigenvalue weighted by atomic mass is 10.1. The van der Waals surface area contributed by atoms with Gasteiger partial charge in [0.2, 0.25) is 0 Å². The summed E-state index contributed by atoms with van der Waals surface area (Å²) in [5.74, 6) is 0.983. The SMILES string of the molecule is C=CC[13CH]1CCCCC1. The molecule has 1 saturated carbocycles. The quantitative estimate of drug-likeness (QED) is 0.393. The van der Waals surface area contributed by atoms with Crippen molar-refractivity contribution in [3.05, 3.63) is 12.7 Å². The fraction of sp³-hybridized carbons (Fsp3) is 0.778. The van der Waals surface area contributed by atoms with Crippen LogP contribution < -0.4 is 0 Å². The maximum absolute atomic E-state index is 3.75. The fourth-order valence-corrected chi connectivity index (χ4v) is 1.66. The van der Waals surface area contributed by atoms with Gasteiger partial charge in [0.25, 0.3) is 0 Å². The second-order valence-corrected chi connectivity index (χ2v) is 3.03. The first kappa shape index (κ1) is 6.85. The van der Waals surface area contributed by atoms with E-state index in [1.807, 2.05) is 0 Å². The zero-order valence-corrected chi connectivity index (χ0v) is 6.10. The molecule has 0 N–H and O–H groups in total. The lowest BCUT2D eigenvalue weighted by Gasteiger charge is -2.19. The second-order valence-electron chi connectivity index (χ2n) is 3.03. The molecule has 0 aromatic heterocycles.